The van der Waals surface area contributed by atoms with Gasteiger partial charge in [0.15, 0.2) is 0 Å². The summed E-state index contributed by atoms with van der Waals surface area (Å²) in [7, 11) is 4.82. The maximum atomic E-state index is 10.8. The van der Waals surface area contributed by atoms with E-state index in [0.717, 1.165) is 5.56 Å². The molecule has 0 unspecified atom stereocenters. The fourth-order valence-corrected chi connectivity index (χ4v) is 1.31. The van der Waals surface area contributed by atoms with Gasteiger partial charge in [-0.1, -0.05) is 0 Å². The van der Waals surface area contributed by atoms with Gasteiger partial charge in [-0.05, 0) is 0 Å². The molecule has 6 nitrogen and oxygen atoms in total. The van der Waals surface area contributed by atoms with Gasteiger partial charge in [0.2, 0.25) is 17.7 Å². The zero-order chi connectivity index (χ0) is 11.4. The number of aryl methyl sites for hydroxylation is 1. The predicted molar refractivity (Wildman–Crippen MR) is 53.8 cm³/mol. The van der Waals surface area contributed by atoms with Crippen molar-refractivity contribution in [3.8, 4) is 11.8 Å². The summed E-state index contributed by atoms with van der Waals surface area (Å²) in [6.07, 6.45) is 0. The van der Waals surface area contributed by atoms with Crippen LogP contribution in [-0.2, 0) is 18.4 Å². The molecule has 0 atom stereocenters. The zero-order valence-electron chi connectivity index (χ0n) is 9.33. The van der Waals surface area contributed by atoms with Crippen LogP contribution in [0.25, 0.3) is 0 Å². The second kappa shape index (κ2) is 4.68. The first-order valence-electron chi connectivity index (χ1n) is 4.48. The number of rotatable bonds is 4. The summed E-state index contributed by atoms with van der Waals surface area (Å²) >= 11 is 0. The molecule has 84 valence electrons. The van der Waals surface area contributed by atoms with E-state index in [0.29, 0.717) is 18.3 Å². The average Bonchev–Trinajstić information content (AvgIpc) is 2.50. The highest BCUT2D eigenvalue weighted by atomic mass is 16.5. The molecule has 1 amide bonds. The molecule has 6 heteroatoms. The molecule has 0 bridgehead atoms. The van der Waals surface area contributed by atoms with E-state index in [9.17, 15) is 4.79 Å². The topological polar surface area (TPSA) is 65.4 Å². The lowest BCUT2D eigenvalue weighted by Crippen LogP contribution is -2.19. The Morgan fingerprint density at radius 3 is 2.60 bits per heavy atom. The molecule has 1 N–H and O–H groups in total. The molecule has 0 radical (unpaired) electrons. The maximum absolute atomic E-state index is 10.8. The fourth-order valence-electron chi connectivity index (χ4n) is 1.31. The van der Waals surface area contributed by atoms with Crippen molar-refractivity contribution in [2.24, 2.45) is 7.05 Å². The molecule has 0 aromatic carbocycles. The lowest BCUT2D eigenvalue weighted by Gasteiger charge is -2.05. The van der Waals surface area contributed by atoms with Crippen molar-refractivity contribution >= 4 is 5.91 Å². The first-order chi connectivity index (χ1) is 7.10. The standard InChI is InChI=1S/C9H15N3O3/c1-6(13)10-5-7-8(14-3)11-12(2)9(7)15-4/h5H2,1-4H3,(H,10,13). The molecule has 1 aromatic heterocycles. The predicted octanol–water partition coefficient (Wildman–Crippen LogP) is 0.0734. The van der Waals surface area contributed by atoms with E-state index >= 15 is 0 Å². The summed E-state index contributed by atoms with van der Waals surface area (Å²) in [4.78, 5) is 10.8. The molecular weight excluding hydrogens is 198 g/mol. The maximum Gasteiger partial charge on any atom is 0.241 e. The minimum absolute atomic E-state index is 0.108. The molecule has 1 aromatic rings. The number of aromatic nitrogens is 2. The fraction of sp³-hybridized carbons (Fsp3) is 0.556. The van der Waals surface area contributed by atoms with Gasteiger partial charge in [-0.25, -0.2) is 4.68 Å². The Kier molecular flexibility index (Phi) is 3.54. The summed E-state index contributed by atoms with van der Waals surface area (Å²) in [6.45, 7) is 1.80. The van der Waals surface area contributed by atoms with E-state index in [4.69, 9.17) is 9.47 Å². The molecule has 0 aliphatic rings. The largest absolute Gasteiger partial charge is 0.481 e. The number of ether oxygens (including phenoxy) is 2. The molecule has 15 heavy (non-hydrogen) atoms. The van der Waals surface area contributed by atoms with E-state index in [1.807, 2.05) is 0 Å². The molecule has 0 spiro atoms. The van der Waals surface area contributed by atoms with Crippen LogP contribution in [0.15, 0.2) is 0 Å². The Morgan fingerprint density at radius 1 is 1.47 bits per heavy atom. The molecule has 0 aliphatic heterocycles. The van der Waals surface area contributed by atoms with Crippen LogP contribution >= 0.6 is 0 Å². The van der Waals surface area contributed by atoms with Crippen molar-refractivity contribution in [2.75, 3.05) is 14.2 Å². The van der Waals surface area contributed by atoms with E-state index in [-0.39, 0.29) is 5.91 Å². The van der Waals surface area contributed by atoms with Gasteiger partial charge < -0.3 is 14.8 Å². The number of carbonyl (C=O) groups excluding carboxylic acids is 1. The molecule has 1 rings (SSSR count). The van der Waals surface area contributed by atoms with E-state index in [1.165, 1.54) is 14.0 Å². The summed E-state index contributed by atoms with van der Waals surface area (Å²) in [6, 6.07) is 0. The summed E-state index contributed by atoms with van der Waals surface area (Å²) < 4.78 is 11.8. The van der Waals surface area contributed by atoms with Crippen molar-refractivity contribution < 1.29 is 14.3 Å². The smallest absolute Gasteiger partial charge is 0.241 e. The molecule has 0 fully saturated rings. The van der Waals surface area contributed by atoms with Gasteiger partial charge in [0.25, 0.3) is 0 Å². The SMILES string of the molecule is COc1nn(C)c(OC)c1CNC(C)=O. The second-order valence-corrected chi connectivity index (χ2v) is 3.03. The Hall–Kier alpha value is -1.72. The van der Waals surface area contributed by atoms with E-state index < -0.39 is 0 Å². The second-order valence-electron chi connectivity index (χ2n) is 3.03. The van der Waals surface area contributed by atoms with E-state index in [2.05, 4.69) is 10.4 Å². The normalized spacial score (nSPS) is 9.87. The Balaban J connectivity index is 2.95. The Bertz CT molecular complexity index is 360. The third-order valence-electron chi connectivity index (χ3n) is 1.95. The van der Waals surface area contributed by atoms with Crippen LogP contribution in [0.5, 0.6) is 11.8 Å². The van der Waals surface area contributed by atoms with Crippen LogP contribution in [0.3, 0.4) is 0 Å². The van der Waals surface area contributed by atoms with Gasteiger partial charge in [-0.15, -0.1) is 5.10 Å². The Labute approximate surface area is 88.2 Å². The third-order valence-corrected chi connectivity index (χ3v) is 1.95. The van der Waals surface area contributed by atoms with Gasteiger partial charge >= 0.3 is 0 Å². The average molecular weight is 213 g/mol. The first kappa shape index (κ1) is 11.4. The summed E-state index contributed by atoms with van der Waals surface area (Å²) in [5.41, 5.74) is 0.734. The molecule has 0 saturated carbocycles. The molecule has 0 saturated heterocycles. The number of nitrogens with zero attached hydrogens (tertiary/aromatic N) is 2. The van der Waals surface area contributed by atoms with Gasteiger partial charge in [0, 0.05) is 14.0 Å². The highest BCUT2D eigenvalue weighted by Gasteiger charge is 2.17. The quantitative estimate of drug-likeness (QED) is 0.768. The van der Waals surface area contributed by atoms with Crippen LogP contribution in [-0.4, -0.2) is 29.9 Å². The third kappa shape index (κ3) is 2.39. The van der Waals surface area contributed by atoms with Crippen LogP contribution in [0, 0.1) is 0 Å². The minimum Gasteiger partial charge on any atom is -0.481 e. The number of nitrogens with one attached hydrogen (secondary N) is 1. The number of hydrogen-bond donors (Lipinski definition) is 1. The van der Waals surface area contributed by atoms with Crippen molar-refractivity contribution in [1.29, 1.82) is 0 Å². The number of amides is 1. The summed E-state index contributed by atoms with van der Waals surface area (Å²) in [5, 5.41) is 6.77. The van der Waals surface area contributed by atoms with Crippen LogP contribution < -0.4 is 14.8 Å². The van der Waals surface area contributed by atoms with Crippen LogP contribution in [0.4, 0.5) is 0 Å². The van der Waals surface area contributed by atoms with Crippen molar-refractivity contribution in [3.63, 3.8) is 0 Å². The van der Waals surface area contributed by atoms with Gasteiger partial charge in [0.1, 0.15) is 0 Å². The highest BCUT2D eigenvalue weighted by Crippen LogP contribution is 2.26. The summed E-state index contributed by atoms with van der Waals surface area (Å²) in [5.74, 6) is 0.937. The van der Waals surface area contributed by atoms with Crippen molar-refractivity contribution in [2.45, 2.75) is 13.5 Å². The molecule has 1 heterocycles. The van der Waals surface area contributed by atoms with Crippen molar-refractivity contribution in [1.82, 2.24) is 15.1 Å². The number of hydrogen-bond acceptors (Lipinski definition) is 4. The van der Waals surface area contributed by atoms with Gasteiger partial charge in [-0.3, -0.25) is 4.79 Å². The lowest BCUT2D eigenvalue weighted by atomic mass is 10.3. The van der Waals surface area contributed by atoms with Gasteiger partial charge in [-0.2, -0.15) is 0 Å². The minimum atomic E-state index is -0.108. The lowest BCUT2D eigenvalue weighted by molar-refractivity contribution is -0.119. The number of methoxy groups -OCH3 is 2. The monoisotopic (exact) mass is 213 g/mol. The van der Waals surface area contributed by atoms with Crippen molar-refractivity contribution in [3.05, 3.63) is 5.56 Å². The van der Waals surface area contributed by atoms with E-state index in [1.54, 1.807) is 18.8 Å². The molecular formula is C9H15N3O3. The number of carbonyl (C=O) groups is 1. The van der Waals surface area contributed by atoms with Gasteiger partial charge in [0.05, 0.1) is 26.3 Å². The molecule has 0 aliphatic carbocycles. The highest BCUT2D eigenvalue weighted by molar-refractivity contribution is 5.73. The van der Waals surface area contributed by atoms with Crippen LogP contribution in [0.2, 0.25) is 0 Å². The Morgan fingerprint density at radius 2 is 2.13 bits per heavy atom. The first-order valence-corrected chi connectivity index (χ1v) is 4.48. The zero-order valence-corrected chi connectivity index (χ0v) is 9.33. The van der Waals surface area contributed by atoms with Crippen LogP contribution in [0.1, 0.15) is 12.5 Å².